The number of aliphatic imine (C=N–C) groups is 1. The molecule has 1 aromatic rings. The van der Waals surface area contributed by atoms with Gasteiger partial charge in [-0.15, -0.1) is 35.3 Å². The van der Waals surface area contributed by atoms with Crippen LogP contribution in [0.2, 0.25) is 0 Å². The fourth-order valence-corrected chi connectivity index (χ4v) is 4.47. The highest BCUT2D eigenvalue weighted by molar-refractivity contribution is 14.0. The molecule has 158 valence electrons. The van der Waals surface area contributed by atoms with Crippen LogP contribution in [0, 0.1) is 6.92 Å². The fourth-order valence-electron chi connectivity index (χ4n) is 3.68. The molecule has 0 aromatic carbocycles. The largest absolute Gasteiger partial charge is 0.356 e. The van der Waals surface area contributed by atoms with Crippen molar-refractivity contribution in [3.05, 3.63) is 16.1 Å². The molecule has 2 aliphatic heterocycles. The molecule has 2 fully saturated rings. The van der Waals surface area contributed by atoms with Gasteiger partial charge in [0.25, 0.3) is 0 Å². The number of aryl methyl sites for hydroxylation is 1. The summed E-state index contributed by atoms with van der Waals surface area (Å²) < 4.78 is 0. The van der Waals surface area contributed by atoms with Crippen molar-refractivity contribution in [3.8, 4) is 0 Å². The number of nitrogens with zero attached hydrogens (tertiary/aromatic N) is 5. The van der Waals surface area contributed by atoms with Crippen molar-refractivity contribution < 1.29 is 4.79 Å². The topological polar surface area (TPSA) is 64.1 Å². The molecule has 1 N–H and O–H groups in total. The molecule has 1 amide bonds. The summed E-state index contributed by atoms with van der Waals surface area (Å²) in [5.74, 6) is 1.25. The SMILES string of the molecule is CN=C(NCCc1ncc(C)s1)N1CCN(CC(=O)N2CCCCC2)CC1.I. The van der Waals surface area contributed by atoms with Crippen molar-refractivity contribution in [1.29, 1.82) is 0 Å². The Kier molecular flexibility index (Phi) is 9.93. The Bertz CT molecular complexity index is 638. The Morgan fingerprint density at radius 3 is 2.46 bits per heavy atom. The third-order valence-electron chi connectivity index (χ3n) is 5.24. The van der Waals surface area contributed by atoms with Crippen LogP contribution in [0.25, 0.3) is 0 Å². The molecular formula is C19H33IN6OS. The van der Waals surface area contributed by atoms with Gasteiger partial charge in [0.1, 0.15) is 0 Å². The van der Waals surface area contributed by atoms with Gasteiger partial charge < -0.3 is 15.1 Å². The number of hydrogen-bond donors (Lipinski definition) is 1. The van der Waals surface area contributed by atoms with Gasteiger partial charge in [0, 0.05) is 70.4 Å². The van der Waals surface area contributed by atoms with Crippen molar-refractivity contribution in [2.45, 2.75) is 32.6 Å². The number of piperidine rings is 1. The van der Waals surface area contributed by atoms with E-state index in [-0.39, 0.29) is 24.0 Å². The minimum Gasteiger partial charge on any atom is -0.356 e. The van der Waals surface area contributed by atoms with E-state index in [1.54, 1.807) is 11.3 Å². The lowest BCUT2D eigenvalue weighted by atomic mass is 10.1. The van der Waals surface area contributed by atoms with E-state index in [0.29, 0.717) is 12.5 Å². The first-order chi connectivity index (χ1) is 13.2. The van der Waals surface area contributed by atoms with Crippen molar-refractivity contribution in [1.82, 2.24) is 25.0 Å². The third-order valence-corrected chi connectivity index (χ3v) is 6.21. The summed E-state index contributed by atoms with van der Waals surface area (Å²) in [7, 11) is 1.84. The molecule has 0 aliphatic carbocycles. The lowest BCUT2D eigenvalue weighted by molar-refractivity contribution is -0.133. The second kappa shape index (κ2) is 11.9. The van der Waals surface area contributed by atoms with Crippen LogP contribution in [0.4, 0.5) is 0 Å². The van der Waals surface area contributed by atoms with E-state index in [2.05, 4.69) is 32.0 Å². The van der Waals surface area contributed by atoms with E-state index in [1.165, 1.54) is 11.3 Å². The van der Waals surface area contributed by atoms with E-state index < -0.39 is 0 Å². The summed E-state index contributed by atoms with van der Waals surface area (Å²) in [5, 5.41) is 4.62. The normalized spacial score (nSPS) is 18.7. The van der Waals surface area contributed by atoms with Crippen molar-refractivity contribution in [2.24, 2.45) is 4.99 Å². The van der Waals surface area contributed by atoms with Gasteiger partial charge in [-0.1, -0.05) is 0 Å². The molecule has 2 saturated heterocycles. The zero-order valence-electron chi connectivity index (χ0n) is 17.0. The van der Waals surface area contributed by atoms with Gasteiger partial charge in [-0.05, 0) is 26.2 Å². The number of piperazine rings is 1. The maximum atomic E-state index is 12.4. The molecule has 0 saturated carbocycles. The number of rotatable bonds is 5. The van der Waals surface area contributed by atoms with Gasteiger partial charge in [-0.25, -0.2) is 4.98 Å². The summed E-state index contributed by atoms with van der Waals surface area (Å²) in [6, 6.07) is 0. The number of halogens is 1. The standard InChI is InChI=1S/C19H32N6OS.HI/c1-16-14-22-17(27-16)6-7-21-19(20-2)25-12-10-23(11-13-25)15-18(26)24-8-4-3-5-9-24;/h14H,3-13,15H2,1-2H3,(H,20,21);1H. The zero-order valence-corrected chi connectivity index (χ0v) is 20.2. The van der Waals surface area contributed by atoms with Crippen LogP contribution in [0.1, 0.15) is 29.1 Å². The number of likely N-dealkylation sites (tertiary alicyclic amines) is 1. The van der Waals surface area contributed by atoms with E-state index >= 15 is 0 Å². The molecule has 0 atom stereocenters. The van der Waals surface area contributed by atoms with Gasteiger partial charge in [0.15, 0.2) is 5.96 Å². The van der Waals surface area contributed by atoms with Gasteiger partial charge in [-0.3, -0.25) is 14.7 Å². The molecule has 7 nitrogen and oxygen atoms in total. The van der Waals surface area contributed by atoms with Crippen molar-refractivity contribution in [3.63, 3.8) is 0 Å². The number of hydrogen-bond acceptors (Lipinski definition) is 5. The number of carbonyl (C=O) groups is 1. The number of aromatic nitrogens is 1. The lowest BCUT2D eigenvalue weighted by Crippen LogP contribution is -2.54. The second-order valence-corrected chi connectivity index (χ2v) is 8.61. The van der Waals surface area contributed by atoms with Gasteiger partial charge in [-0.2, -0.15) is 0 Å². The van der Waals surface area contributed by atoms with Crippen LogP contribution < -0.4 is 5.32 Å². The predicted molar refractivity (Wildman–Crippen MR) is 126 cm³/mol. The molecule has 1 aromatic heterocycles. The Morgan fingerprint density at radius 2 is 1.86 bits per heavy atom. The Hall–Kier alpha value is -0.940. The summed E-state index contributed by atoms with van der Waals surface area (Å²) in [6.45, 7) is 8.99. The molecule has 3 heterocycles. The molecule has 0 spiro atoms. The van der Waals surface area contributed by atoms with Gasteiger partial charge in [0.05, 0.1) is 11.6 Å². The predicted octanol–water partition coefficient (Wildman–Crippen LogP) is 1.82. The summed E-state index contributed by atoms with van der Waals surface area (Å²) >= 11 is 1.75. The summed E-state index contributed by atoms with van der Waals surface area (Å²) in [4.78, 5) is 29.1. The number of amides is 1. The lowest BCUT2D eigenvalue weighted by Gasteiger charge is -2.37. The first-order valence-corrected chi connectivity index (χ1v) is 10.8. The Labute approximate surface area is 189 Å². The molecule has 0 radical (unpaired) electrons. The van der Waals surface area contributed by atoms with Crippen LogP contribution in [0.5, 0.6) is 0 Å². The molecule has 0 unspecified atom stereocenters. The highest BCUT2D eigenvalue weighted by atomic mass is 127. The number of nitrogens with one attached hydrogen (secondary N) is 1. The number of carbonyl (C=O) groups excluding carboxylic acids is 1. The molecule has 2 aliphatic rings. The highest BCUT2D eigenvalue weighted by Gasteiger charge is 2.23. The van der Waals surface area contributed by atoms with Gasteiger partial charge in [0.2, 0.25) is 5.91 Å². The molecule has 3 rings (SSSR count). The minimum absolute atomic E-state index is 0. The van der Waals surface area contributed by atoms with Crippen LogP contribution >= 0.6 is 35.3 Å². The monoisotopic (exact) mass is 520 g/mol. The smallest absolute Gasteiger partial charge is 0.236 e. The quantitative estimate of drug-likeness (QED) is 0.365. The molecule has 28 heavy (non-hydrogen) atoms. The molecular weight excluding hydrogens is 487 g/mol. The van der Waals surface area contributed by atoms with E-state index in [1.807, 2.05) is 18.1 Å². The average molecular weight is 520 g/mol. The second-order valence-electron chi connectivity index (χ2n) is 7.29. The van der Waals surface area contributed by atoms with Crippen LogP contribution in [0.15, 0.2) is 11.2 Å². The number of guanidine groups is 1. The highest BCUT2D eigenvalue weighted by Crippen LogP contribution is 2.12. The molecule has 9 heteroatoms. The van der Waals surface area contributed by atoms with E-state index in [4.69, 9.17) is 0 Å². The third kappa shape index (κ3) is 6.84. The van der Waals surface area contributed by atoms with E-state index in [9.17, 15) is 4.79 Å². The Morgan fingerprint density at radius 1 is 1.14 bits per heavy atom. The Balaban J connectivity index is 0.00000280. The van der Waals surface area contributed by atoms with Crippen molar-refractivity contribution in [2.75, 3.05) is 59.4 Å². The summed E-state index contributed by atoms with van der Waals surface area (Å²) in [5.41, 5.74) is 0. The fraction of sp³-hybridized carbons (Fsp3) is 0.737. The van der Waals surface area contributed by atoms with Crippen LogP contribution in [-0.2, 0) is 11.2 Å². The first-order valence-electron chi connectivity index (χ1n) is 10.0. The zero-order chi connectivity index (χ0) is 19.1. The average Bonchev–Trinajstić information content (AvgIpc) is 3.12. The minimum atomic E-state index is 0. The van der Waals surface area contributed by atoms with Crippen LogP contribution in [-0.4, -0.2) is 91.0 Å². The first kappa shape index (κ1) is 23.3. The number of thiazole rings is 1. The molecule has 0 bridgehead atoms. The van der Waals surface area contributed by atoms with Crippen LogP contribution in [0.3, 0.4) is 0 Å². The van der Waals surface area contributed by atoms with Gasteiger partial charge >= 0.3 is 0 Å². The summed E-state index contributed by atoms with van der Waals surface area (Å²) in [6.07, 6.45) is 6.42. The maximum absolute atomic E-state index is 12.4. The van der Waals surface area contributed by atoms with E-state index in [0.717, 1.165) is 76.0 Å². The van der Waals surface area contributed by atoms with Crippen molar-refractivity contribution >= 4 is 47.2 Å². The maximum Gasteiger partial charge on any atom is 0.236 e.